The lowest BCUT2D eigenvalue weighted by molar-refractivity contribution is 0.192. The Kier molecular flexibility index (Phi) is 2.29. The van der Waals surface area contributed by atoms with Gasteiger partial charge in [0.15, 0.2) is 0 Å². The van der Waals surface area contributed by atoms with E-state index in [-0.39, 0.29) is 6.10 Å². The third kappa shape index (κ3) is 1.72. The van der Waals surface area contributed by atoms with Crippen LogP contribution in [0.5, 0.6) is 0 Å². The summed E-state index contributed by atoms with van der Waals surface area (Å²) in [5, 5.41) is 8.94. The van der Waals surface area contributed by atoms with E-state index >= 15 is 0 Å². The molecule has 3 nitrogen and oxygen atoms in total. The van der Waals surface area contributed by atoms with E-state index in [2.05, 4.69) is 4.98 Å². The second-order valence-corrected chi connectivity index (χ2v) is 2.57. The van der Waals surface area contributed by atoms with E-state index in [9.17, 15) is 0 Å². The largest absolute Gasteiger partial charge is 0.393 e. The van der Waals surface area contributed by atoms with Crippen LogP contribution in [0.3, 0.4) is 0 Å². The van der Waals surface area contributed by atoms with Gasteiger partial charge in [0.05, 0.1) is 6.10 Å². The van der Waals surface area contributed by atoms with E-state index in [4.69, 9.17) is 16.9 Å². The van der Waals surface area contributed by atoms with Gasteiger partial charge in [-0.15, -0.1) is 0 Å². The Labute approximate surface area is 64.4 Å². The average molecular weight is 161 g/mol. The van der Waals surface area contributed by atoms with Gasteiger partial charge in [0, 0.05) is 30.6 Å². The standard InChI is InChI=1S/C6H9ClN2O/c1-5(10)4-6-8-2-3-9(6)7/h2-3,5,10H,4H2,1H3. The number of aromatic nitrogens is 2. The Morgan fingerprint density at radius 3 is 3.00 bits per heavy atom. The third-order valence-electron chi connectivity index (χ3n) is 1.15. The van der Waals surface area contributed by atoms with Gasteiger partial charge in [-0.1, -0.05) is 0 Å². The number of aliphatic hydroxyl groups excluding tert-OH is 1. The van der Waals surface area contributed by atoms with Crippen molar-refractivity contribution in [2.75, 3.05) is 0 Å². The topological polar surface area (TPSA) is 38.1 Å². The van der Waals surface area contributed by atoms with E-state index in [1.54, 1.807) is 19.3 Å². The van der Waals surface area contributed by atoms with E-state index < -0.39 is 0 Å². The van der Waals surface area contributed by atoms with Crippen molar-refractivity contribution in [1.82, 2.24) is 9.07 Å². The molecule has 0 aliphatic heterocycles. The molecule has 0 bridgehead atoms. The Morgan fingerprint density at radius 2 is 2.60 bits per heavy atom. The van der Waals surface area contributed by atoms with Gasteiger partial charge in [-0.25, -0.2) is 9.07 Å². The number of nitrogens with zero attached hydrogens (tertiary/aromatic N) is 2. The molecule has 0 aliphatic rings. The maximum Gasteiger partial charge on any atom is 0.126 e. The maximum atomic E-state index is 8.94. The summed E-state index contributed by atoms with van der Waals surface area (Å²) in [6.45, 7) is 1.70. The lowest BCUT2D eigenvalue weighted by Gasteiger charge is -2.00. The van der Waals surface area contributed by atoms with Gasteiger partial charge in [0.2, 0.25) is 0 Å². The average Bonchev–Trinajstić information content (AvgIpc) is 2.15. The summed E-state index contributed by atoms with van der Waals surface area (Å²) < 4.78 is 1.38. The van der Waals surface area contributed by atoms with Crippen LogP contribution in [0, 0.1) is 0 Å². The fraction of sp³-hybridized carbons (Fsp3) is 0.500. The van der Waals surface area contributed by atoms with Crippen molar-refractivity contribution < 1.29 is 5.11 Å². The first-order valence-electron chi connectivity index (χ1n) is 3.06. The Hall–Kier alpha value is -0.540. The summed E-state index contributed by atoms with van der Waals surface area (Å²) in [5.74, 6) is 0.691. The zero-order valence-electron chi connectivity index (χ0n) is 5.66. The van der Waals surface area contributed by atoms with Crippen molar-refractivity contribution in [2.45, 2.75) is 19.4 Å². The summed E-state index contributed by atoms with van der Waals surface area (Å²) >= 11 is 5.63. The molecule has 0 aromatic carbocycles. The van der Waals surface area contributed by atoms with Gasteiger partial charge in [0.1, 0.15) is 5.82 Å². The van der Waals surface area contributed by atoms with Gasteiger partial charge < -0.3 is 5.11 Å². The fourth-order valence-electron chi connectivity index (χ4n) is 0.723. The summed E-state index contributed by atoms with van der Waals surface area (Å²) in [6, 6.07) is 0. The van der Waals surface area contributed by atoms with Gasteiger partial charge in [-0.2, -0.15) is 0 Å². The first-order valence-corrected chi connectivity index (χ1v) is 3.40. The molecule has 1 unspecified atom stereocenters. The first kappa shape index (κ1) is 7.57. The van der Waals surface area contributed by atoms with Crippen molar-refractivity contribution >= 4 is 11.8 Å². The molecule has 1 rings (SSSR count). The molecule has 56 valence electrons. The Morgan fingerprint density at radius 1 is 1.90 bits per heavy atom. The van der Waals surface area contributed by atoms with Crippen LogP contribution in [0.2, 0.25) is 0 Å². The van der Waals surface area contributed by atoms with Crippen LogP contribution in [-0.4, -0.2) is 20.3 Å². The minimum atomic E-state index is -0.389. The molecule has 1 N–H and O–H groups in total. The predicted molar refractivity (Wildman–Crippen MR) is 38.9 cm³/mol. The molecule has 0 saturated carbocycles. The highest BCUT2D eigenvalue weighted by atomic mass is 35.5. The second kappa shape index (κ2) is 3.03. The van der Waals surface area contributed by atoms with Crippen molar-refractivity contribution in [3.8, 4) is 0 Å². The summed E-state index contributed by atoms with van der Waals surface area (Å²) in [6.07, 6.45) is 3.35. The molecule has 1 heterocycles. The Bertz CT molecular complexity index is 209. The zero-order valence-corrected chi connectivity index (χ0v) is 6.41. The normalized spacial score (nSPS) is 13.5. The highest BCUT2D eigenvalue weighted by Crippen LogP contribution is 2.02. The lowest BCUT2D eigenvalue weighted by atomic mass is 10.3. The van der Waals surface area contributed by atoms with Crippen LogP contribution < -0.4 is 0 Å². The van der Waals surface area contributed by atoms with E-state index in [0.29, 0.717) is 12.2 Å². The number of imidazole rings is 1. The summed E-state index contributed by atoms with van der Waals surface area (Å²) in [7, 11) is 0. The lowest BCUT2D eigenvalue weighted by Crippen LogP contribution is -2.07. The highest BCUT2D eigenvalue weighted by Gasteiger charge is 2.03. The van der Waals surface area contributed by atoms with Crippen LogP contribution in [0.25, 0.3) is 0 Å². The molecule has 1 atom stereocenters. The molecule has 10 heavy (non-hydrogen) atoms. The van der Waals surface area contributed by atoms with Crippen molar-refractivity contribution in [3.63, 3.8) is 0 Å². The number of hydrogen-bond acceptors (Lipinski definition) is 2. The number of halogens is 1. The number of aliphatic hydroxyl groups is 1. The molecule has 1 aromatic rings. The van der Waals surface area contributed by atoms with Gasteiger partial charge in [-0.3, -0.25) is 0 Å². The van der Waals surface area contributed by atoms with Crippen LogP contribution in [0.4, 0.5) is 0 Å². The van der Waals surface area contributed by atoms with E-state index in [1.165, 1.54) is 4.09 Å². The van der Waals surface area contributed by atoms with Gasteiger partial charge in [-0.05, 0) is 6.92 Å². The number of rotatable bonds is 2. The third-order valence-corrected chi connectivity index (χ3v) is 1.45. The second-order valence-electron chi connectivity index (χ2n) is 2.21. The SMILES string of the molecule is CC(O)Cc1nccn1Cl. The van der Waals surface area contributed by atoms with Crippen LogP contribution in [-0.2, 0) is 6.42 Å². The predicted octanol–water partition coefficient (Wildman–Crippen LogP) is 0.808. The fourth-order valence-corrected chi connectivity index (χ4v) is 0.886. The smallest absolute Gasteiger partial charge is 0.126 e. The summed E-state index contributed by atoms with van der Waals surface area (Å²) in [5.41, 5.74) is 0. The molecule has 4 heteroatoms. The highest BCUT2D eigenvalue weighted by molar-refractivity contribution is 6.15. The van der Waals surface area contributed by atoms with E-state index in [1.807, 2.05) is 0 Å². The summed E-state index contributed by atoms with van der Waals surface area (Å²) in [4.78, 5) is 3.93. The van der Waals surface area contributed by atoms with Crippen molar-refractivity contribution in [1.29, 1.82) is 0 Å². The van der Waals surface area contributed by atoms with Gasteiger partial charge in [0.25, 0.3) is 0 Å². The first-order chi connectivity index (χ1) is 4.70. The minimum Gasteiger partial charge on any atom is -0.393 e. The molecule has 1 aromatic heterocycles. The quantitative estimate of drug-likeness (QED) is 0.696. The monoisotopic (exact) mass is 160 g/mol. The maximum absolute atomic E-state index is 8.94. The van der Waals surface area contributed by atoms with Gasteiger partial charge >= 0.3 is 0 Å². The van der Waals surface area contributed by atoms with Crippen LogP contribution in [0.1, 0.15) is 12.7 Å². The molecule has 0 amide bonds. The van der Waals surface area contributed by atoms with Crippen molar-refractivity contribution in [2.24, 2.45) is 0 Å². The van der Waals surface area contributed by atoms with Crippen molar-refractivity contribution in [3.05, 3.63) is 18.2 Å². The Balaban J connectivity index is 2.65. The molecule has 0 saturated heterocycles. The minimum absolute atomic E-state index is 0.389. The molecular formula is C6H9ClN2O. The molecule has 0 aliphatic carbocycles. The number of hydrogen-bond donors (Lipinski definition) is 1. The molecule has 0 radical (unpaired) electrons. The van der Waals surface area contributed by atoms with Crippen LogP contribution in [0.15, 0.2) is 12.4 Å². The van der Waals surface area contributed by atoms with E-state index in [0.717, 1.165) is 0 Å². The molecular weight excluding hydrogens is 152 g/mol. The molecule has 0 fully saturated rings. The van der Waals surface area contributed by atoms with Crippen LogP contribution >= 0.6 is 11.8 Å². The zero-order chi connectivity index (χ0) is 7.56. The molecule has 0 spiro atoms.